The largest absolute Gasteiger partial charge is 0.508 e. The fourth-order valence-electron chi connectivity index (χ4n) is 2.97. The number of ether oxygens (including phenoxy) is 3. The van der Waals surface area contributed by atoms with E-state index in [2.05, 4.69) is 6.07 Å². The third kappa shape index (κ3) is 2.27. The molecule has 0 bridgehead atoms. The second-order valence-electron chi connectivity index (χ2n) is 5.54. The third-order valence-electron chi connectivity index (χ3n) is 4.01. The van der Waals surface area contributed by atoms with Gasteiger partial charge in [-0.2, -0.15) is 0 Å². The summed E-state index contributed by atoms with van der Waals surface area (Å²) in [6.45, 7) is 0.944. The lowest BCUT2D eigenvalue weighted by Gasteiger charge is -2.26. The van der Waals surface area contributed by atoms with Crippen LogP contribution in [0.2, 0.25) is 0 Å². The Labute approximate surface area is 122 Å². The molecule has 0 aliphatic carbocycles. The number of fused-ring (bicyclic) bond motifs is 3. The van der Waals surface area contributed by atoms with Crippen LogP contribution in [-0.4, -0.2) is 18.5 Å². The molecule has 4 nitrogen and oxygen atoms in total. The van der Waals surface area contributed by atoms with Crippen molar-refractivity contribution in [1.29, 1.82) is 0 Å². The Hall–Kier alpha value is -2.36. The molecule has 2 aliphatic rings. The average Bonchev–Trinajstić information content (AvgIpc) is 2.98. The number of rotatable bonds is 2. The Morgan fingerprint density at radius 1 is 0.952 bits per heavy atom. The fraction of sp³-hybridized carbons (Fsp3) is 0.294. The Balaban J connectivity index is 1.53. The summed E-state index contributed by atoms with van der Waals surface area (Å²) in [6.07, 6.45) is 1.90. The van der Waals surface area contributed by atoms with Gasteiger partial charge in [-0.05, 0) is 42.2 Å². The summed E-state index contributed by atoms with van der Waals surface area (Å²) in [4.78, 5) is 0. The molecular weight excluding hydrogens is 268 g/mol. The molecule has 1 N–H and O–H groups in total. The normalized spacial score (nSPS) is 19.0. The van der Waals surface area contributed by atoms with Crippen LogP contribution in [0.3, 0.4) is 0 Å². The van der Waals surface area contributed by atoms with Gasteiger partial charge >= 0.3 is 0 Å². The van der Waals surface area contributed by atoms with Gasteiger partial charge in [-0.15, -0.1) is 0 Å². The van der Waals surface area contributed by atoms with Gasteiger partial charge < -0.3 is 19.3 Å². The second-order valence-corrected chi connectivity index (χ2v) is 5.54. The van der Waals surface area contributed by atoms with E-state index >= 15 is 0 Å². The molecule has 1 unspecified atom stereocenters. The SMILES string of the molecule is Oc1ccc(CC2COc3c(ccc4c3OCO4)C2)cc1. The molecule has 0 spiro atoms. The highest BCUT2D eigenvalue weighted by atomic mass is 16.7. The standard InChI is InChI=1S/C17H16O4/c18-14-4-1-11(2-5-14)7-12-8-13-3-6-15-17(21-10-20-15)16(13)19-9-12/h1-6,12,18H,7-10H2. The van der Waals surface area contributed by atoms with Gasteiger partial charge in [0.2, 0.25) is 12.5 Å². The van der Waals surface area contributed by atoms with Gasteiger partial charge in [0.15, 0.2) is 11.5 Å². The van der Waals surface area contributed by atoms with Crippen molar-refractivity contribution in [3.05, 3.63) is 47.5 Å². The maximum atomic E-state index is 9.33. The van der Waals surface area contributed by atoms with E-state index in [1.165, 1.54) is 11.1 Å². The summed E-state index contributed by atoms with van der Waals surface area (Å²) in [5.74, 6) is 3.09. The number of aromatic hydroxyl groups is 1. The number of hydrogen-bond acceptors (Lipinski definition) is 4. The molecule has 21 heavy (non-hydrogen) atoms. The molecule has 2 aromatic carbocycles. The maximum Gasteiger partial charge on any atom is 0.231 e. The monoisotopic (exact) mass is 284 g/mol. The average molecular weight is 284 g/mol. The second kappa shape index (κ2) is 4.88. The van der Waals surface area contributed by atoms with E-state index in [9.17, 15) is 5.11 Å². The van der Waals surface area contributed by atoms with Crippen LogP contribution in [0.4, 0.5) is 0 Å². The predicted molar refractivity (Wildman–Crippen MR) is 77.1 cm³/mol. The molecule has 2 aliphatic heterocycles. The molecule has 108 valence electrons. The molecule has 0 saturated heterocycles. The van der Waals surface area contributed by atoms with Crippen molar-refractivity contribution in [2.24, 2.45) is 5.92 Å². The van der Waals surface area contributed by atoms with Gasteiger partial charge in [0, 0.05) is 5.92 Å². The van der Waals surface area contributed by atoms with Crippen LogP contribution in [0.15, 0.2) is 36.4 Å². The molecule has 0 fully saturated rings. The molecule has 0 aromatic heterocycles. The van der Waals surface area contributed by atoms with Crippen molar-refractivity contribution in [2.75, 3.05) is 13.4 Å². The lowest BCUT2D eigenvalue weighted by molar-refractivity contribution is 0.164. The Morgan fingerprint density at radius 3 is 2.67 bits per heavy atom. The molecule has 1 atom stereocenters. The van der Waals surface area contributed by atoms with Crippen molar-refractivity contribution >= 4 is 0 Å². The van der Waals surface area contributed by atoms with Crippen molar-refractivity contribution in [2.45, 2.75) is 12.8 Å². The zero-order chi connectivity index (χ0) is 14.2. The van der Waals surface area contributed by atoms with E-state index in [4.69, 9.17) is 14.2 Å². The molecule has 0 saturated carbocycles. The van der Waals surface area contributed by atoms with Gasteiger partial charge in [-0.3, -0.25) is 0 Å². The Kier molecular flexibility index (Phi) is 2.88. The Morgan fingerprint density at radius 2 is 1.81 bits per heavy atom. The minimum Gasteiger partial charge on any atom is -0.508 e. The van der Waals surface area contributed by atoms with Crippen LogP contribution in [-0.2, 0) is 12.8 Å². The summed E-state index contributed by atoms with van der Waals surface area (Å²) >= 11 is 0. The summed E-state index contributed by atoms with van der Waals surface area (Å²) in [5, 5.41) is 9.33. The summed E-state index contributed by atoms with van der Waals surface area (Å²) in [5.41, 5.74) is 2.39. The molecule has 2 heterocycles. The van der Waals surface area contributed by atoms with Crippen LogP contribution < -0.4 is 14.2 Å². The van der Waals surface area contributed by atoms with Gasteiger partial charge in [-0.1, -0.05) is 18.2 Å². The minimum absolute atomic E-state index is 0.270. The van der Waals surface area contributed by atoms with Crippen LogP contribution in [0.1, 0.15) is 11.1 Å². The van der Waals surface area contributed by atoms with Crippen molar-refractivity contribution in [3.8, 4) is 23.0 Å². The van der Waals surface area contributed by atoms with Crippen molar-refractivity contribution < 1.29 is 19.3 Å². The van der Waals surface area contributed by atoms with E-state index in [1.807, 2.05) is 18.2 Å². The Bertz CT molecular complexity index is 663. The highest BCUT2D eigenvalue weighted by Crippen LogP contribution is 2.45. The summed E-state index contributed by atoms with van der Waals surface area (Å²) < 4.78 is 16.8. The number of hydrogen-bond donors (Lipinski definition) is 1. The van der Waals surface area contributed by atoms with E-state index in [1.54, 1.807) is 12.1 Å². The van der Waals surface area contributed by atoms with E-state index in [-0.39, 0.29) is 6.79 Å². The van der Waals surface area contributed by atoms with Gasteiger partial charge in [0.25, 0.3) is 0 Å². The van der Waals surface area contributed by atoms with E-state index in [0.29, 0.717) is 18.3 Å². The minimum atomic E-state index is 0.270. The molecule has 0 amide bonds. The lowest BCUT2D eigenvalue weighted by atomic mass is 9.90. The molecular formula is C17H16O4. The molecule has 4 heteroatoms. The first-order valence-electron chi connectivity index (χ1n) is 7.12. The van der Waals surface area contributed by atoms with E-state index in [0.717, 1.165) is 30.1 Å². The van der Waals surface area contributed by atoms with Gasteiger partial charge in [0.1, 0.15) is 5.75 Å². The first kappa shape index (κ1) is 12.4. The predicted octanol–water partition coefficient (Wildman–Crippen LogP) is 2.91. The topological polar surface area (TPSA) is 47.9 Å². The van der Waals surface area contributed by atoms with Crippen molar-refractivity contribution in [1.82, 2.24) is 0 Å². The highest BCUT2D eigenvalue weighted by molar-refractivity contribution is 5.57. The third-order valence-corrected chi connectivity index (χ3v) is 4.01. The number of phenols is 1. The zero-order valence-corrected chi connectivity index (χ0v) is 11.5. The summed E-state index contributed by atoms with van der Waals surface area (Å²) in [6, 6.07) is 11.4. The van der Waals surface area contributed by atoms with Crippen LogP contribution in [0, 0.1) is 5.92 Å². The fourth-order valence-corrected chi connectivity index (χ4v) is 2.97. The first-order valence-corrected chi connectivity index (χ1v) is 7.12. The highest BCUT2D eigenvalue weighted by Gasteiger charge is 2.28. The van der Waals surface area contributed by atoms with Crippen molar-refractivity contribution in [3.63, 3.8) is 0 Å². The molecule has 4 rings (SSSR count). The lowest BCUT2D eigenvalue weighted by Crippen LogP contribution is -2.23. The maximum absolute atomic E-state index is 9.33. The van der Waals surface area contributed by atoms with Crippen LogP contribution in [0.25, 0.3) is 0 Å². The number of benzene rings is 2. The van der Waals surface area contributed by atoms with Crippen LogP contribution in [0.5, 0.6) is 23.0 Å². The van der Waals surface area contributed by atoms with Gasteiger partial charge in [0.05, 0.1) is 6.61 Å². The van der Waals surface area contributed by atoms with Gasteiger partial charge in [-0.25, -0.2) is 0 Å². The quantitative estimate of drug-likeness (QED) is 0.921. The summed E-state index contributed by atoms with van der Waals surface area (Å²) in [7, 11) is 0. The van der Waals surface area contributed by atoms with Crippen LogP contribution >= 0.6 is 0 Å². The zero-order valence-electron chi connectivity index (χ0n) is 11.5. The smallest absolute Gasteiger partial charge is 0.231 e. The molecule has 0 radical (unpaired) electrons. The first-order chi connectivity index (χ1) is 10.3. The van der Waals surface area contributed by atoms with E-state index < -0.39 is 0 Å². The molecule has 2 aromatic rings. The number of phenolic OH excluding ortho intramolecular Hbond substituents is 1.